The van der Waals surface area contributed by atoms with Crippen molar-refractivity contribution in [2.75, 3.05) is 0 Å². The molecular weight excluding hydrogens is 110 g/mol. The Morgan fingerprint density at radius 1 is 1.44 bits per heavy atom. The highest BCUT2D eigenvalue weighted by Crippen LogP contribution is 1.96. The first-order chi connectivity index (χ1) is 4.18. The van der Waals surface area contributed by atoms with E-state index in [-0.39, 0.29) is 0 Å². The summed E-state index contributed by atoms with van der Waals surface area (Å²) in [7, 11) is 0. The third-order valence-electron chi connectivity index (χ3n) is 0.989. The summed E-state index contributed by atoms with van der Waals surface area (Å²) >= 11 is 0. The fraction of sp³-hybridized carbons (Fsp3) is 0.250. The molecule has 0 saturated carbocycles. The zero-order chi connectivity index (χ0) is 7.28. The summed E-state index contributed by atoms with van der Waals surface area (Å²) in [5, 5.41) is 0. The van der Waals surface area contributed by atoms with Crippen molar-refractivity contribution in [1.82, 2.24) is 0 Å². The second-order valence-electron chi connectivity index (χ2n) is 2.05. The van der Waals surface area contributed by atoms with E-state index in [1.54, 1.807) is 6.08 Å². The SMILES string of the molecule is C=C/C=C\C(N)=C(C)C. The van der Waals surface area contributed by atoms with E-state index < -0.39 is 0 Å². The van der Waals surface area contributed by atoms with Gasteiger partial charge in [0.2, 0.25) is 0 Å². The minimum atomic E-state index is 0.815. The van der Waals surface area contributed by atoms with Crippen molar-refractivity contribution >= 4 is 0 Å². The van der Waals surface area contributed by atoms with Gasteiger partial charge in [-0.2, -0.15) is 0 Å². The smallest absolute Gasteiger partial charge is 0.0300 e. The lowest BCUT2D eigenvalue weighted by molar-refractivity contribution is 1.26. The molecule has 1 heteroatoms. The Bertz CT molecular complexity index is 148. The second-order valence-corrected chi connectivity index (χ2v) is 2.05. The van der Waals surface area contributed by atoms with Gasteiger partial charge in [-0.15, -0.1) is 0 Å². The number of rotatable bonds is 2. The molecule has 0 heterocycles. The van der Waals surface area contributed by atoms with E-state index in [1.807, 2.05) is 26.0 Å². The summed E-state index contributed by atoms with van der Waals surface area (Å²) in [5.41, 5.74) is 7.49. The van der Waals surface area contributed by atoms with Gasteiger partial charge in [-0.3, -0.25) is 0 Å². The predicted octanol–water partition coefficient (Wildman–Crippen LogP) is 1.98. The molecule has 0 rings (SSSR count). The van der Waals surface area contributed by atoms with E-state index >= 15 is 0 Å². The summed E-state index contributed by atoms with van der Waals surface area (Å²) < 4.78 is 0. The van der Waals surface area contributed by atoms with Crippen molar-refractivity contribution in [3.05, 3.63) is 36.1 Å². The van der Waals surface area contributed by atoms with Gasteiger partial charge in [0.1, 0.15) is 0 Å². The lowest BCUT2D eigenvalue weighted by atomic mass is 10.2. The summed E-state index contributed by atoms with van der Waals surface area (Å²) in [6.45, 7) is 7.48. The fourth-order valence-electron chi connectivity index (χ4n) is 0.338. The zero-order valence-electron chi connectivity index (χ0n) is 6.02. The third-order valence-corrected chi connectivity index (χ3v) is 0.989. The van der Waals surface area contributed by atoms with E-state index in [1.165, 1.54) is 0 Å². The molecule has 0 saturated heterocycles. The molecule has 0 fully saturated rings. The van der Waals surface area contributed by atoms with Crippen LogP contribution < -0.4 is 5.73 Å². The Kier molecular flexibility index (Phi) is 3.52. The predicted molar refractivity (Wildman–Crippen MR) is 41.9 cm³/mol. The molecule has 0 unspecified atom stereocenters. The maximum Gasteiger partial charge on any atom is 0.0300 e. The first kappa shape index (κ1) is 8.02. The van der Waals surface area contributed by atoms with Crippen LogP contribution in [-0.2, 0) is 0 Å². The molecule has 0 aliphatic rings. The van der Waals surface area contributed by atoms with Crippen molar-refractivity contribution in [2.45, 2.75) is 13.8 Å². The van der Waals surface area contributed by atoms with Crippen LogP contribution in [-0.4, -0.2) is 0 Å². The van der Waals surface area contributed by atoms with Crippen molar-refractivity contribution in [1.29, 1.82) is 0 Å². The van der Waals surface area contributed by atoms with Crippen molar-refractivity contribution in [3.8, 4) is 0 Å². The first-order valence-electron chi connectivity index (χ1n) is 2.90. The van der Waals surface area contributed by atoms with Gasteiger partial charge in [-0.05, 0) is 19.9 Å². The Morgan fingerprint density at radius 3 is 2.33 bits per heavy atom. The number of hydrogen-bond donors (Lipinski definition) is 1. The maximum absolute atomic E-state index is 5.55. The molecule has 50 valence electrons. The number of allylic oxidation sites excluding steroid dienone is 4. The van der Waals surface area contributed by atoms with Crippen LogP contribution in [0.15, 0.2) is 36.1 Å². The van der Waals surface area contributed by atoms with Crippen LogP contribution in [0.5, 0.6) is 0 Å². The third kappa shape index (κ3) is 3.59. The minimum absolute atomic E-state index is 0.815. The van der Waals surface area contributed by atoms with Gasteiger partial charge in [-0.1, -0.05) is 24.3 Å². The monoisotopic (exact) mass is 123 g/mol. The Hall–Kier alpha value is -0.980. The van der Waals surface area contributed by atoms with Crippen LogP contribution in [0.4, 0.5) is 0 Å². The van der Waals surface area contributed by atoms with Gasteiger partial charge < -0.3 is 5.73 Å². The highest BCUT2D eigenvalue weighted by atomic mass is 14.6. The van der Waals surface area contributed by atoms with Crippen LogP contribution in [0.2, 0.25) is 0 Å². The summed E-state index contributed by atoms with van der Waals surface area (Å²) in [6, 6.07) is 0. The van der Waals surface area contributed by atoms with Crippen LogP contribution in [0.3, 0.4) is 0 Å². The average molecular weight is 123 g/mol. The Balaban J connectivity index is 4.06. The zero-order valence-corrected chi connectivity index (χ0v) is 6.02. The molecule has 0 amide bonds. The molecule has 0 aromatic rings. The highest BCUT2D eigenvalue weighted by molar-refractivity contribution is 5.22. The van der Waals surface area contributed by atoms with Gasteiger partial charge in [0, 0.05) is 5.70 Å². The maximum atomic E-state index is 5.55. The Labute approximate surface area is 56.6 Å². The van der Waals surface area contributed by atoms with Crippen LogP contribution in [0.25, 0.3) is 0 Å². The Morgan fingerprint density at radius 2 is 2.00 bits per heavy atom. The molecule has 0 spiro atoms. The largest absolute Gasteiger partial charge is 0.399 e. The van der Waals surface area contributed by atoms with E-state index in [2.05, 4.69) is 6.58 Å². The molecule has 0 radical (unpaired) electrons. The summed E-state index contributed by atoms with van der Waals surface area (Å²) in [4.78, 5) is 0. The summed E-state index contributed by atoms with van der Waals surface area (Å²) in [6.07, 6.45) is 5.36. The normalized spacial score (nSPS) is 9.56. The van der Waals surface area contributed by atoms with Gasteiger partial charge >= 0.3 is 0 Å². The topological polar surface area (TPSA) is 26.0 Å². The quantitative estimate of drug-likeness (QED) is 0.558. The van der Waals surface area contributed by atoms with Crippen molar-refractivity contribution in [3.63, 3.8) is 0 Å². The van der Waals surface area contributed by atoms with E-state index in [9.17, 15) is 0 Å². The molecule has 0 aromatic heterocycles. The van der Waals surface area contributed by atoms with Gasteiger partial charge in [-0.25, -0.2) is 0 Å². The standard InChI is InChI=1S/C8H13N/c1-4-5-6-8(9)7(2)3/h4-6H,1,9H2,2-3H3/b6-5-. The van der Waals surface area contributed by atoms with Gasteiger partial charge in [0.25, 0.3) is 0 Å². The molecule has 1 nitrogen and oxygen atoms in total. The summed E-state index contributed by atoms with van der Waals surface area (Å²) in [5.74, 6) is 0. The molecule has 0 aliphatic heterocycles. The van der Waals surface area contributed by atoms with Gasteiger partial charge in [0.05, 0.1) is 0 Å². The van der Waals surface area contributed by atoms with E-state index in [0.717, 1.165) is 11.3 Å². The molecule has 0 aromatic carbocycles. The van der Waals surface area contributed by atoms with Crippen LogP contribution in [0, 0.1) is 0 Å². The molecule has 0 atom stereocenters. The lowest BCUT2D eigenvalue weighted by Crippen LogP contribution is -1.94. The molecule has 2 N–H and O–H groups in total. The second kappa shape index (κ2) is 3.96. The number of hydrogen-bond acceptors (Lipinski definition) is 1. The van der Waals surface area contributed by atoms with Crippen LogP contribution >= 0.6 is 0 Å². The highest BCUT2D eigenvalue weighted by Gasteiger charge is 1.81. The van der Waals surface area contributed by atoms with E-state index in [4.69, 9.17) is 5.73 Å². The van der Waals surface area contributed by atoms with Crippen LogP contribution in [0.1, 0.15) is 13.8 Å². The first-order valence-corrected chi connectivity index (χ1v) is 2.90. The lowest BCUT2D eigenvalue weighted by Gasteiger charge is -1.92. The minimum Gasteiger partial charge on any atom is -0.399 e. The molecule has 9 heavy (non-hydrogen) atoms. The molecule has 0 aliphatic carbocycles. The van der Waals surface area contributed by atoms with Crippen molar-refractivity contribution in [2.24, 2.45) is 5.73 Å². The van der Waals surface area contributed by atoms with E-state index in [0.29, 0.717) is 0 Å². The van der Waals surface area contributed by atoms with Crippen molar-refractivity contribution < 1.29 is 0 Å². The van der Waals surface area contributed by atoms with Gasteiger partial charge in [0.15, 0.2) is 0 Å². The number of nitrogens with two attached hydrogens (primary N) is 1. The molecule has 0 bridgehead atoms. The molecular formula is C8H13N. The fourth-order valence-corrected chi connectivity index (χ4v) is 0.338. The average Bonchev–Trinajstić information content (AvgIpc) is 1.82.